The highest BCUT2D eigenvalue weighted by Crippen LogP contribution is 2.39. The Balaban J connectivity index is 1.13. The number of ether oxygens (including phenoxy) is 3. The van der Waals surface area contributed by atoms with E-state index in [0.29, 0.717) is 6.61 Å². The molecule has 0 spiro atoms. The lowest BCUT2D eigenvalue weighted by Crippen LogP contribution is -2.50. The Hall–Kier alpha value is -3.45. The van der Waals surface area contributed by atoms with Gasteiger partial charge in [-0.1, -0.05) is 6.07 Å². The fourth-order valence-corrected chi connectivity index (χ4v) is 4.85. The molecule has 1 unspecified atom stereocenters. The van der Waals surface area contributed by atoms with Crippen molar-refractivity contribution >= 4 is 27.6 Å². The first-order valence-corrected chi connectivity index (χ1v) is 11.4. The first kappa shape index (κ1) is 20.2. The number of aryl methyl sites for hydroxylation is 1. The molecule has 0 amide bonds. The van der Waals surface area contributed by atoms with Crippen molar-refractivity contribution < 1.29 is 18.6 Å². The molecule has 2 aliphatic rings. The minimum atomic E-state index is -0.00466. The van der Waals surface area contributed by atoms with Crippen molar-refractivity contribution in [3.05, 3.63) is 54.4 Å². The molecule has 7 heteroatoms. The number of piperazine rings is 1. The second-order valence-corrected chi connectivity index (χ2v) is 8.71. The molecule has 6 rings (SSSR count). The Morgan fingerprint density at radius 1 is 1.03 bits per heavy atom. The zero-order chi connectivity index (χ0) is 22.4. The molecule has 4 aromatic rings. The van der Waals surface area contributed by atoms with Gasteiger partial charge in [-0.15, -0.1) is 0 Å². The van der Waals surface area contributed by atoms with Crippen LogP contribution in [-0.2, 0) is 0 Å². The van der Waals surface area contributed by atoms with E-state index in [1.54, 1.807) is 7.11 Å². The van der Waals surface area contributed by atoms with Crippen LogP contribution in [0.4, 0.5) is 5.69 Å². The number of hydrogen-bond acceptors (Lipinski definition) is 7. The maximum Gasteiger partial charge on any atom is 0.177 e. The van der Waals surface area contributed by atoms with Gasteiger partial charge in [0.25, 0.3) is 0 Å². The quantitative estimate of drug-likeness (QED) is 0.465. The van der Waals surface area contributed by atoms with Crippen LogP contribution in [0.2, 0.25) is 0 Å². The van der Waals surface area contributed by atoms with E-state index in [9.17, 15) is 0 Å². The lowest BCUT2D eigenvalue weighted by Gasteiger charge is -2.38. The summed E-state index contributed by atoms with van der Waals surface area (Å²) in [5.41, 5.74) is 3.87. The molecule has 1 saturated heterocycles. The molecule has 1 atom stereocenters. The molecule has 2 aromatic heterocycles. The maximum atomic E-state index is 6.42. The topological polar surface area (TPSA) is 60.2 Å². The fraction of sp³-hybridized carbons (Fsp3) is 0.346. The molecule has 2 aliphatic heterocycles. The summed E-state index contributed by atoms with van der Waals surface area (Å²) in [6.07, 6.45) is 1.84. The second-order valence-electron chi connectivity index (χ2n) is 8.71. The van der Waals surface area contributed by atoms with Gasteiger partial charge in [-0.25, -0.2) is 0 Å². The molecule has 1 fully saturated rings. The van der Waals surface area contributed by atoms with E-state index in [0.717, 1.165) is 83.2 Å². The van der Waals surface area contributed by atoms with Crippen LogP contribution in [0, 0.1) is 6.92 Å². The third kappa shape index (κ3) is 3.62. The van der Waals surface area contributed by atoms with Crippen LogP contribution >= 0.6 is 0 Å². The highest BCUT2D eigenvalue weighted by atomic mass is 16.6. The zero-order valence-corrected chi connectivity index (χ0v) is 18.9. The van der Waals surface area contributed by atoms with Crippen molar-refractivity contribution in [1.29, 1.82) is 0 Å². The van der Waals surface area contributed by atoms with E-state index >= 15 is 0 Å². The van der Waals surface area contributed by atoms with Crippen molar-refractivity contribution in [1.82, 2.24) is 9.88 Å². The van der Waals surface area contributed by atoms with Gasteiger partial charge in [-0.2, -0.15) is 0 Å². The summed E-state index contributed by atoms with van der Waals surface area (Å²) >= 11 is 0. The molecule has 7 nitrogen and oxygen atoms in total. The average molecular weight is 446 g/mol. The summed E-state index contributed by atoms with van der Waals surface area (Å²) in [5, 5.41) is 2.11. The Bertz CT molecular complexity index is 1310. The molecular weight excluding hydrogens is 418 g/mol. The van der Waals surface area contributed by atoms with E-state index in [1.807, 2.05) is 43.5 Å². The number of benzene rings is 2. The van der Waals surface area contributed by atoms with E-state index in [4.69, 9.17) is 18.6 Å². The van der Waals surface area contributed by atoms with Gasteiger partial charge >= 0.3 is 0 Å². The lowest BCUT2D eigenvalue weighted by atomic mass is 10.1. The summed E-state index contributed by atoms with van der Waals surface area (Å²) < 4.78 is 23.7. The lowest BCUT2D eigenvalue weighted by molar-refractivity contribution is 0.0587. The standard InChI is InChI=1S/C26H27N3O4/c1-17-6-7-19-21(27-17)8-9-24-26(19)33-18(15-31-24)14-28-10-12-29(13-11-28)22-16-32-25-20(22)4-3-5-23(25)30-2/h3-9,16,18H,10-15H2,1-2H3. The highest BCUT2D eigenvalue weighted by Gasteiger charge is 2.28. The number of furan rings is 1. The minimum Gasteiger partial charge on any atom is -0.493 e. The summed E-state index contributed by atoms with van der Waals surface area (Å²) in [7, 11) is 1.67. The summed E-state index contributed by atoms with van der Waals surface area (Å²) in [6, 6.07) is 14.1. The molecule has 33 heavy (non-hydrogen) atoms. The monoisotopic (exact) mass is 445 g/mol. The van der Waals surface area contributed by atoms with E-state index in [2.05, 4.69) is 26.9 Å². The Kier molecular flexibility index (Phi) is 4.99. The van der Waals surface area contributed by atoms with Crippen LogP contribution in [0.15, 0.2) is 53.1 Å². The van der Waals surface area contributed by atoms with E-state index in [1.165, 1.54) is 0 Å². The molecule has 0 saturated carbocycles. The van der Waals surface area contributed by atoms with Crippen LogP contribution in [0.3, 0.4) is 0 Å². The summed E-state index contributed by atoms with van der Waals surface area (Å²) in [5.74, 6) is 2.38. The predicted molar refractivity (Wildman–Crippen MR) is 128 cm³/mol. The minimum absolute atomic E-state index is 0.00466. The highest BCUT2D eigenvalue weighted by molar-refractivity contribution is 5.94. The second kappa shape index (κ2) is 8.15. The first-order valence-electron chi connectivity index (χ1n) is 11.4. The van der Waals surface area contributed by atoms with Gasteiger partial charge in [0, 0.05) is 49.2 Å². The fourth-order valence-electron chi connectivity index (χ4n) is 4.85. The predicted octanol–water partition coefficient (Wildman–Crippen LogP) is 4.26. The molecule has 0 radical (unpaired) electrons. The van der Waals surface area contributed by atoms with E-state index < -0.39 is 0 Å². The van der Waals surface area contributed by atoms with Gasteiger partial charge in [0.05, 0.1) is 18.3 Å². The average Bonchev–Trinajstić information content (AvgIpc) is 3.28. The van der Waals surface area contributed by atoms with Gasteiger partial charge in [0.2, 0.25) is 0 Å². The van der Waals surface area contributed by atoms with Gasteiger partial charge in [-0.05, 0) is 43.3 Å². The third-order valence-corrected chi connectivity index (χ3v) is 6.57. The largest absolute Gasteiger partial charge is 0.493 e. The molecule has 2 aromatic carbocycles. The van der Waals surface area contributed by atoms with Crippen molar-refractivity contribution in [2.75, 3.05) is 51.3 Å². The SMILES string of the molecule is COc1cccc2c(N3CCN(CC4COc5ccc6nc(C)ccc6c5O4)CC3)coc12. The number of methoxy groups -OCH3 is 1. The maximum absolute atomic E-state index is 6.42. The zero-order valence-electron chi connectivity index (χ0n) is 18.9. The molecule has 0 aliphatic carbocycles. The van der Waals surface area contributed by atoms with Gasteiger partial charge in [0.15, 0.2) is 22.8 Å². The van der Waals surface area contributed by atoms with Crippen molar-refractivity contribution in [2.45, 2.75) is 13.0 Å². The smallest absolute Gasteiger partial charge is 0.177 e. The number of nitrogens with zero attached hydrogens (tertiary/aromatic N) is 3. The van der Waals surface area contributed by atoms with Crippen LogP contribution in [0.1, 0.15) is 5.69 Å². The van der Waals surface area contributed by atoms with E-state index in [-0.39, 0.29) is 6.10 Å². The molecule has 170 valence electrons. The summed E-state index contributed by atoms with van der Waals surface area (Å²) in [6.45, 7) is 7.18. The Morgan fingerprint density at radius 3 is 2.76 bits per heavy atom. The number of aromatic nitrogens is 1. The number of fused-ring (bicyclic) bond motifs is 4. The number of rotatable bonds is 4. The molecule has 4 heterocycles. The third-order valence-electron chi connectivity index (χ3n) is 6.57. The van der Waals surface area contributed by atoms with Crippen LogP contribution in [0.25, 0.3) is 21.9 Å². The van der Waals surface area contributed by atoms with Gasteiger partial charge in [-0.3, -0.25) is 9.88 Å². The Morgan fingerprint density at radius 2 is 1.91 bits per heavy atom. The first-order chi connectivity index (χ1) is 16.2. The number of anilines is 1. The van der Waals surface area contributed by atoms with Crippen molar-refractivity contribution in [2.24, 2.45) is 0 Å². The van der Waals surface area contributed by atoms with Crippen LogP contribution in [-0.4, -0.2) is 62.4 Å². The molecule has 0 bridgehead atoms. The molecular formula is C26H27N3O4. The number of para-hydroxylation sites is 1. The summed E-state index contributed by atoms with van der Waals surface area (Å²) in [4.78, 5) is 9.46. The van der Waals surface area contributed by atoms with Crippen molar-refractivity contribution in [3.63, 3.8) is 0 Å². The number of pyridine rings is 1. The van der Waals surface area contributed by atoms with Crippen LogP contribution < -0.4 is 19.1 Å². The van der Waals surface area contributed by atoms with Crippen molar-refractivity contribution in [3.8, 4) is 17.2 Å². The van der Waals surface area contributed by atoms with Crippen LogP contribution in [0.5, 0.6) is 17.2 Å². The molecule has 0 N–H and O–H groups in total. The number of hydrogen-bond donors (Lipinski definition) is 0. The normalized spacial score (nSPS) is 18.7. The van der Waals surface area contributed by atoms with Gasteiger partial charge in [0.1, 0.15) is 19.0 Å². The van der Waals surface area contributed by atoms with Gasteiger partial charge < -0.3 is 23.5 Å². The Labute approximate surface area is 192 Å².